The summed E-state index contributed by atoms with van der Waals surface area (Å²) in [5.74, 6) is 0.0369. The zero-order valence-corrected chi connectivity index (χ0v) is 10.7. The molecule has 0 atom stereocenters. The fourth-order valence-corrected chi connectivity index (χ4v) is 2.70. The number of fused-ring (bicyclic) bond motifs is 1. The first-order valence-electron chi connectivity index (χ1n) is 6.10. The van der Waals surface area contributed by atoms with Crippen LogP contribution < -0.4 is 10.9 Å². The van der Waals surface area contributed by atoms with Crippen molar-refractivity contribution in [1.29, 1.82) is 0 Å². The minimum atomic E-state index is -0.00651. The van der Waals surface area contributed by atoms with Crippen LogP contribution in [-0.4, -0.2) is 16.5 Å². The molecule has 0 aromatic carbocycles. The fourth-order valence-electron chi connectivity index (χ4n) is 1.93. The molecule has 3 rings (SSSR count). The molecule has 0 bridgehead atoms. The van der Waals surface area contributed by atoms with Crippen molar-refractivity contribution in [2.75, 3.05) is 0 Å². The third-order valence-electron chi connectivity index (χ3n) is 3.11. The van der Waals surface area contributed by atoms with Crippen LogP contribution >= 0.6 is 11.3 Å². The van der Waals surface area contributed by atoms with Gasteiger partial charge in [0.15, 0.2) is 0 Å². The molecule has 94 valence electrons. The van der Waals surface area contributed by atoms with Gasteiger partial charge in [0.1, 0.15) is 0 Å². The van der Waals surface area contributed by atoms with Gasteiger partial charge in [-0.15, -0.1) is 11.3 Å². The van der Waals surface area contributed by atoms with Gasteiger partial charge in [0.05, 0.1) is 5.39 Å². The highest BCUT2D eigenvalue weighted by Gasteiger charge is 2.22. The number of aromatic nitrogens is 1. The van der Waals surface area contributed by atoms with Crippen LogP contribution in [0, 0.1) is 0 Å². The van der Waals surface area contributed by atoms with E-state index in [1.165, 1.54) is 0 Å². The normalized spacial score (nSPS) is 14.9. The van der Waals surface area contributed by atoms with E-state index in [0.29, 0.717) is 19.0 Å². The Labute approximate surface area is 108 Å². The third kappa shape index (κ3) is 2.31. The van der Waals surface area contributed by atoms with Crippen molar-refractivity contribution in [2.24, 2.45) is 0 Å². The summed E-state index contributed by atoms with van der Waals surface area (Å²) in [6.07, 6.45) is 4.32. The first-order valence-corrected chi connectivity index (χ1v) is 6.98. The summed E-state index contributed by atoms with van der Waals surface area (Å²) >= 11 is 1.56. The number of aryl methyl sites for hydroxylation is 1. The van der Waals surface area contributed by atoms with Crippen molar-refractivity contribution in [1.82, 2.24) is 9.88 Å². The second kappa shape index (κ2) is 4.57. The highest BCUT2D eigenvalue weighted by atomic mass is 32.1. The van der Waals surface area contributed by atoms with Gasteiger partial charge in [0.2, 0.25) is 5.91 Å². The van der Waals surface area contributed by atoms with Crippen LogP contribution in [0.1, 0.15) is 19.3 Å². The Morgan fingerprint density at radius 1 is 1.44 bits per heavy atom. The average Bonchev–Trinajstić information content (AvgIpc) is 3.03. The Kier molecular flexibility index (Phi) is 2.91. The minimum Gasteiger partial charge on any atom is -0.353 e. The molecule has 1 amide bonds. The van der Waals surface area contributed by atoms with Crippen LogP contribution in [0.5, 0.6) is 0 Å². The molecule has 0 unspecified atom stereocenters. The first kappa shape index (κ1) is 11.5. The molecule has 1 aliphatic carbocycles. The van der Waals surface area contributed by atoms with Gasteiger partial charge in [-0.1, -0.05) is 0 Å². The molecular weight excluding hydrogens is 248 g/mol. The van der Waals surface area contributed by atoms with Gasteiger partial charge in [0.25, 0.3) is 5.56 Å². The Morgan fingerprint density at radius 3 is 3.06 bits per heavy atom. The van der Waals surface area contributed by atoms with E-state index in [-0.39, 0.29) is 11.5 Å². The first-order chi connectivity index (χ1) is 8.74. The van der Waals surface area contributed by atoms with Gasteiger partial charge < -0.3 is 9.88 Å². The SMILES string of the molecule is O=C(CCn1ccc2sccc2c1=O)NC1CC1. The van der Waals surface area contributed by atoms with Crippen molar-refractivity contribution in [3.8, 4) is 0 Å². The molecule has 2 aromatic rings. The number of rotatable bonds is 4. The molecule has 1 saturated carbocycles. The second-order valence-corrected chi connectivity index (χ2v) is 5.55. The minimum absolute atomic E-state index is 0.00651. The van der Waals surface area contributed by atoms with Crippen LogP contribution in [0.3, 0.4) is 0 Å². The largest absolute Gasteiger partial charge is 0.353 e. The predicted molar refractivity (Wildman–Crippen MR) is 71.9 cm³/mol. The Bertz CT molecular complexity index is 640. The molecule has 2 aromatic heterocycles. The second-order valence-electron chi connectivity index (χ2n) is 4.60. The van der Waals surface area contributed by atoms with E-state index in [9.17, 15) is 9.59 Å². The van der Waals surface area contributed by atoms with Crippen LogP contribution in [0.4, 0.5) is 0 Å². The molecule has 5 heteroatoms. The predicted octanol–water partition coefficient (Wildman–Crippen LogP) is 1.73. The lowest BCUT2D eigenvalue weighted by Crippen LogP contribution is -2.28. The Hall–Kier alpha value is -1.62. The number of hydrogen-bond acceptors (Lipinski definition) is 3. The van der Waals surface area contributed by atoms with Crippen molar-refractivity contribution in [3.05, 3.63) is 34.1 Å². The number of pyridine rings is 1. The summed E-state index contributed by atoms with van der Waals surface area (Å²) in [6, 6.07) is 4.15. The molecule has 2 heterocycles. The summed E-state index contributed by atoms with van der Waals surface area (Å²) in [5.41, 5.74) is -0.00651. The van der Waals surface area contributed by atoms with Crippen LogP contribution in [0.15, 0.2) is 28.5 Å². The van der Waals surface area contributed by atoms with E-state index in [1.54, 1.807) is 22.1 Å². The van der Waals surface area contributed by atoms with Gasteiger partial charge in [-0.05, 0) is 30.4 Å². The summed E-state index contributed by atoms with van der Waals surface area (Å²) in [6.45, 7) is 0.448. The topological polar surface area (TPSA) is 51.1 Å². The van der Waals surface area contributed by atoms with Crippen LogP contribution in [0.2, 0.25) is 0 Å². The number of nitrogens with zero attached hydrogens (tertiary/aromatic N) is 1. The van der Waals surface area contributed by atoms with Crippen molar-refractivity contribution in [3.63, 3.8) is 0 Å². The fraction of sp³-hybridized carbons (Fsp3) is 0.385. The van der Waals surface area contributed by atoms with E-state index in [4.69, 9.17) is 0 Å². The lowest BCUT2D eigenvalue weighted by molar-refractivity contribution is -0.121. The quantitative estimate of drug-likeness (QED) is 0.912. The smallest absolute Gasteiger partial charge is 0.259 e. The zero-order valence-electron chi connectivity index (χ0n) is 9.89. The summed E-state index contributed by atoms with van der Waals surface area (Å²) in [7, 11) is 0. The zero-order chi connectivity index (χ0) is 12.5. The number of carbonyl (C=O) groups is 1. The molecule has 0 spiro atoms. The number of nitrogens with one attached hydrogen (secondary N) is 1. The maximum atomic E-state index is 12.1. The number of amides is 1. The van der Waals surface area contributed by atoms with E-state index in [0.717, 1.165) is 22.9 Å². The van der Waals surface area contributed by atoms with Crippen LogP contribution in [-0.2, 0) is 11.3 Å². The lowest BCUT2D eigenvalue weighted by atomic mass is 10.3. The van der Waals surface area contributed by atoms with Gasteiger partial charge in [-0.2, -0.15) is 0 Å². The number of carbonyl (C=O) groups excluding carboxylic acids is 1. The third-order valence-corrected chi connectivity index (χ3v) is 4.00. The molecule has 1 aliphatic rings. The highest BCUT2D eigenvalue weighted by Crippen LogP contribution is 2.19. The van der Waals surface area contributed by atoms with Crippen molar-refractivity contribution >= 4 is 27.3 Å². The number of thiophene rings is 1. The molecule has 18 heavy (non-hydrogen) atoms. The van der Waals surface area contributed by atoms with Gasteiger partial charge >= 0.3 is 0 Å². The average molecular weight is 262 g/mol. The molecule has 1 fully saturated rings. The van der Waals surface area contributed by atoms with Crippen molar-refractivity contribution < 1.29 is 4.79 Å². The summed E-state index contributed by atoms with van der Waals surface area (Å²) in [5, 5.41) is 5.58. The summed E-state index contributed by atoms with van der Waals surface area (Å²) in [4.78, 5) is 23.6. The van der Waals surface area contributed by atoms with Crippen molar-refractivity contribution in [2.45, 2.75) is 31.8 Å². The summed E-state index contributed by atoms with van der Waals surface area (Å²) < 4.78 is 2.61. The van der Waals surface area contributed by atoms with E-state index >= 15 is 0 Å². The van der Waals surface area contributed by atoms with Crippen LogP contribution in [0.25, 0.3) is 10.1 Å². The standard InChI is InChI=1S/C13H14N2O2S/c16-12(14-9-1-2-9)4-7-15-6-3-11-10(13(15)17)5-8-18-11/h3,5-6,8-9H,1-2,4,7H2,(H,14,16). The highest BCUT2D eigenvalue weighted by molar-refractivity contribution is 7.17. The Morgan fingerprint density at radius 2 is 2.28 bits per heavy atom. The molecule has 0 aliphatic heterocycles. The molecule has 0 saturated heterocycles. The molecule has 1 N–H and O–H groups in total. The van der Waals surface area contributed by atoms with Gasteiger partial charge in [0, 0.05) is 29.9 Å². The maximum Gasteiger partial charge on any atom is 0.259 e. The monoisotopic (exact) mass is 262 g/mol. The number of hydrogen-bond donors (Lipinski definition) is 1. The molecule has 0 radical (unpaired) electrons. The van der Waals surface area contributed by atoms with E-state index in [2.05, 4.69) is 5.32 Å². The van der Waals surface area contributed by atoms with E-state index in [1.807, 2.05) is 17.5 Å². The lowest BCUT2D eigenvalue weighted by Gasteiger charge is -2.06. The van der Waals surface area contributed by atoms with E-state index < -0.39 is 0 Å². The van der Waals surface area contributed by atoms with Gasteiger partial charge in [-0.25, -0.2) is 0 Å². The molecule has 4 nitrogen and oxygen atoms in total. The van der Waals surface area contributed by atoms with Gasteiger partial charge in [-0.3, -0.25) is 9.59 Å². The Balaban J connectivity index is 1.71. The molecular formula is C13H14N2O2S. The maximum absolute atomic E-state index is 12.1.